The van der Waals surface area contributed by atoms with E-state index in [2.05, 4.69) is 222 Å². The van der Waals surface area contributed by atoms with Crippen LogP contribution in [0.1, 0.15) is 74.9 Å². The summed E-state index contributed by atoms with van der Waals surface area (Å²) in [5.41, 5.74) is 24.8. The van der Waals surface area contributed by atoms with Crippen molar-refractivity contribution in [3.05, 3.63) is 209 Å². The topological polar surface area (TPSA) is 3.24 Å². The molecule has 0 saturated carbocycles. The highest BCUT2D eigenvalue weighted by molar-refractivity contribution is 5.96. The number of hydrogen-bond acceptors (Lipinski definition) is 1. The van der Waals surface area contributed by atoms with Gasteiger partial charge in [0.25, 0.3) is 0 Å². The molecule has 8 aromatic rings. The van der Waals surface area contributed by atoms with Gasteiger partial charge in [0.2, 0.25) is 0 Å². The van der Waals surface area contributed by atoms with Crippen LogP contribution in [0.15, 0.2) is 176 Å². The van der Waals surface area contributed by atoms with E-state index in [1.54, 1.807) is 0 Å². The van der Waals surface area contributed by atoms with Crippen LogP contribution >= 0.6 is 0 Å². The van der Waals surface area contributed by atoms with E-state index in [4.69, 9.17) is 0 Å². The molecule has 0 amide bonds. The van der Waals surface area contributed by atoms with Gasteiger partial charge in [0.05, 0.1) is 0 Å². The maximum absolute atomic E-state index is 2.53. The van der Waals surface area contributed by atoms with Crippen LogP contribution in [0.2, 0.25) is 0 Å². The molecule has 0 saturated heterocycles. The summed E-state index contributed by atoms with van der Waals surface area (Å²) in [6, 6.07) is 65.9. The van der Waals surface area contributed by atoms with Crippen molar-refractivity contribution in [3.8, 4) is 55.6 Å². The molecule has 11 rings (SSSR count). The lowest BCUT2D eigenvalue weighted by atomic mass is 9.79. The van der Waals surface area contributed by atoms with Gasteiger partial charge in [0.1, 0.15) is 0 Å². The lowest BCUT2D eigenvalue weighted by Gasteiger charge is -2.28. The van der Waals surface area contributed by atoms with E-state index < -0.39 is 0 Å². The molecule has 1 nitrogen and oxygen atoms in total. The zero-order chi connectivity index (χ0) is 39.6. The first-order valence-corrected chi connectivity index (χ1v) is 20.8. The summed E-state index contributed by atoms with van der Waals surface area (Å²) >= 11 is 0. The number of nitrogens with zero attached hydrogens (tertiary/aromatic N) is 1. The zero-order valence-corrected chi connectivity index (χ0v) is 34.2. The van der Waals surface area contributed by atoms with Gasteiger partial charge in [0, 0.05) is 33.3 Å². The van der Waals surface area contributed by atoms with Crippen LogP contribution < -0.4 is 4.90 Å². The minimum atomic E-state index is -0.110. The molecule has 0 unspecified atom stereocenters. The zero-order valence-electron chi connectivity index (χ0n) is 34.2. The van der Waals surface area contributed by atoms with Crippen LogP contribution in [0.4, 0.5) is 17.1 Å². The second kappa shape index (κ2) is 12.3. The van der Waals surface area contributed by atoms with Gasteiger partial charge in [-0.15, -0.1) is 0 Å². The lowest BCUT2D eigenvalue weighted by molar-refractivity contribution is 0.652. The standard InChI is InChI=1S/C57H47N/c1-55(2)48-20-12-10-17-43(48)45-32-31-41(33-51(45)55)58(39-27-23-37(24-28-39)36-15-8-7-9-16-36)40-29-25-38(26-30-40)42-19-14-22-50-54(42)47-35-52-46(34-53(47)57(50,5)6)44-18-11-13-21-49(44)56(52,3)4/h7-35H,1-6H3. The van der Waals surface area contributed by atoms with Gasteiger partial charge in [-0.1, -0.05) is 169 Å². The van der Waals surface area contributed by atoms with E-state index in [1.165, 1.54) is 89.0 Å². The van der Waals surface area contributed by atoms with E-state index in [0.29, 0.717) is 0 Å². The number of rotatable bonds is 5. The average Bonchev–Trinajstić information content (AvgIpc) is 3.73. The molecule has 0 atom stereocenters. The van der Waals surface area contributed by atoms with Crippen LogP contribution in [0.25, 0.3) is 55.6 Å². The highest BCUT2D eigenvalue weighted by Gasteiger charge is 2.42. The Morgan fingerprint density at radius 1 is 0.276 bits per heavy atom. The fourth-order valence-corrected chi connectivity index (χ4v) is 10.7. The summed E-state index contributed by atoms with van der Waals surface area (Å²) in [5, 5.41) is 0. The van der Waals surface area contributed by atoms with Crippen molar-refractivity contribution in [2.75, 3.05) is 4.90 Å². The lowest BCUT2D eigenvalue weighted by Crippen LogP contribution is -2.16. The Kier molecular flexibility index (Phi) is 7.36. The summed E-state index contributed by atoms with van der Waals surface area (Å²) in [4.78, 5) is 2.43. The molecular formula is C57H47N. The van der Waals surface area contributed by atoms with E-state index in [-0.39, 0.29) is 16.2 Å². The smallest absolute Gasteiger partial charge is 0.0465 e. The molecule has 0 heterocycles. The van der Waals surface area contributed by atoms with Crippen molar-refractivity contribution < 1.29 is 0 Å². The molecule has 0 aliphatic heterocycles. The van der Waals surface area contributed by atoms with Crippen molar-refractivity contribution in [3.63, 3.8) is 0 Å². The summed E-state index contributed by atoms with van der Waals surface area (Å²) < 4.78 is 0. The van der Waals surface area contributed by atoms with E-state index in [1.807, 2.05) is 0 Å². The van der Waals surface area contributed by atoms with Gasteiger partial charge in [-0.2, -0.15) is 0 Å². The maximum atomic E-state index is 2.53. The fourth-order valence-electron chi connectivity index (χ4n) is 10.7. The third kappa shape index (κ3) is 4.89. The Labute approximate surface area is 343 Å². The molecule has 0 spiro atoms. The predicted molar refractivity (Wildman–Crippen MR) is 245 cm³/mol. The van der Waals surface area contributed by atoms with Crippen molar-refractivity contribution >= 4 is 17.1 Å². The molecule has 0 fully saturated rings. The van der Waals surface area contributed by atoms with Crippen LogP contribution in [0.5, 0.6) is 0 Å². The highest BCUT2D eigenvalue weighted by atomic mass is 15.1. The summed E-state index contributed by atoms with van der Waals surface area (Å²) in [6.45, 7) is 14.3. The van der Waals surface area contributed by atoms with Crippen LogP contribution in [-0.4, -0.2) is 0 Å². The molecule has 0 radical (unpaired) electrons. The second-order valence-electron chi connectivity index (χ2n) is 18.2. The molecule has 3 aliphatic carbocycles. The quantitative estimate of drug-likeness (QED) is 0.170. The third-order valence-corrected chi connectivity index (χ3v) is 13.9. The van der Waals surface area contributed by atoms with E-state index in [9.17, 15) is 0 Å². The highest BCUT2D eigenvalue weighted by Crippen LogP contribution is 2.58. The molecule has 58 heavy (non-hydrogen) atoms. The van der Waals surface area contributed by atoms with Crippen LogP contribution in [0, 0.1) is 0 Å². The average molecular weight is 746 g/mol. The first-order valence-electron chi connectivity index (χ1n) is 20.8. The third-order valence-electron chi connectivity index (χ3n) is 13.9. The Morgan fingerprint density at radius 2 is 0.707 bits per heavy atom. The molecule has 8 aromatic carbocycles. The van der Waals surface area contributed by atoms with Gasteiger partial charge < -0.3 is 4.90 Å². The molecule has 0 N–H and O–H groups in total. The van der Waals surface area contributed by atoms with Crippen molar-refractivity contribution in [2.24, 2.45) is 0 Å². The number of benzene rings is 8. The van der Waals surface area contributed by atoms with E-state index in [0.717, 1.165) is 17.1 Å². The molecular weight excluding hydrogens is 699 g/mol. The number of anilines is 3. The Bertz CT molecular complexity index is 2940. The first kappa shape index (κ1) is 34.8. The van der Waals surface area contributed by atoms with Crippen LogP contribution in [-0.2, 0) is 16.2 Å². The molecule has 0 aromatic heterocycles. The van der Waals surface area contributed by atoms with Gasteiger partial charge >= 0.3 is 0 Å². The minimum absolute atomic E-state index is 0.0528. The number of hydrogen-bond donors (Lipinski definition) is 0. The van der Waals surface area contributed by atoms with Crippen molar-refractivity contribution in [1.82, 2.24) is 0 Å². The predicted octanol–water partition coefficient (Wildman–Crippen LogP) is 15.4. The summed E-state index contributed by atoms with van der Waals surface area (Å²) in [6.07, 6.45) is 0. The SMILES string of the molecule is CC1(C)c2ccccc2-c2ccc(N(c3ccc(-c4ccccc4)cc3)c3ccc(-c4cccc5c4-c4cc6c(cc4C5(C)C)-c4ccccc4C6(C)C)cc3)cc21. The second-order valence-corrected chi connectivity index (χ2v) is 18.2. The monoisotopic (exact) mass is 745 g/mol. The van der Waals surface area contributed by atoms with Gasteiger partial charge in [-0.25, -0.2) is 0 Å². The Balaban J connectivity index is 1.03. The summed E-state index contributed by atoms with van der Waals surface area (Å²) in [5.74, 6) is 0. The minimum Gasteiger partial charge on any atom is -0.310 e. The molecule has 1 heteroatoms. The molecule has 0 bridgehead atoms. The van der Waals surface area contributed by atoms with Gasteiger partial charge in [0.15, 0.2) is 0 Å². The normalized spacial score (nSPS) is 15.5. The van der Waals surface area contributed by atoms with Crippen LogP contribution in [0.3, 0.4) is 0 Å². The fraction of sp³-hybridized carbons (Fsp3) is 0.158. The van der Waals surface area contributed by atoms with Gasteiger partial charge in [-0.05, 0) is 138 Å². The van der Waals surface area contributed by atoms with Crippen molar-refractivity contribution in [2.45, 2.75) is 57.8 Å². The molecule has 3 aliphatic rings. The van der Waals surface area contributed by atoms with E-state index >= 15 is 0 Å². The van der Waals surface area contributed by atoms with Crippen molar-refractivity contribution in [1.29, 1.82) is 0 Å². The largest absolute Gasteiger partial charge is 0.310 e. The van der Waals surface area contributed by atoms with Gasteiger partial charge in [-0.3, -0.25) is 0 Å². The molecule has 280 valence electrons. The summed E-state index contributed by atoms with van der Waals surface area (Å²) in [7, 11) is 0. The Morgan fingerprint density at radius 3 is 1.36 bits per heavy atom. The number of fused-ring (bicyclic) bond motifs is 9. The first-order chi connectivity index (χ1) is 28.0. The Hall–Kier alpha value is -6.44. The maximum Gasteiger partial charge on any atom is 0.0465 e.